The monoisotopic (exact) mass is 382 g/mol. The van der Waals surface area contributed by atoms with Gasteiger partial charge < -0.3 is 10.2 Å². The highest BCUT2D eigenvalue weighted by Crippen LogP contribution is 2.38. The lowest BCUT2D eigenvalue weighted by atomic mass is 9.71. The van der Waals surface area contributed by atoms with Gasteiger partial charge in [0.2, 0.25) is 0 Å². The van der Waals surface area contributed by atoms with Crippen LogP contribution in [0, 0.1) is 35.5 Å². The first-order valence-corrected chi connectivity index (χ1v) is 12.2. The smallest absolute Gasteiger partial charge is 0.0571 e. The van der Waals surface area contributed by atoms with Crippen LogP contribution in [0.3, 0.4) is 0 Å². The number of aliphatic hydroxyl groups excluding tert-OH is 2. The summed E-state index contributed by atoms with van der Waals surface area (Å²) in [6, 6.07) is 0. The van der Waals surface area contributed by atoms with Gasteiger partial charge in [-0.15, -0.1) is 0 Å². The maximum Gasteiger partial charge on any atom is 0.0571 e. The Bertz CT molecular complexity index is 365. The van der Waals surface area contributed by atoms with Crippen LogP contribution in [0.1, 0.15) is 112 Å². The molecule has 0 aromatic rings. The molecule has 2 heteroatoms. The van der Waals surface area contributed by atoms with E-state index in [1.54, 1.807) is 0 Å². The molecule has 0 spiro atoms. The molecule has 0 amide bonds. The first kappa shape index (κ1) is 25.0. The summed E-state index contributed by atoms with van der Waals surface area (Å²) in [6.45, 7) is 13.7. The van der Waals surface area contributed by atoms with Crippen molar-refractivity contribution in [2.45, 2.75) is 124 Å². The molecular formula is C25H50O2. The van der Waals surface area contributed by atoms with Gasteiger partial charge in [0.25, 0.3) is 0 Å². The minimum atomic E-state index is -0.0134. The van der Waals surface area contributed by atoms with E-state index in [9.17, 15) is 10.2 Å². The average Bonchev–Trinajstić information content (AvgIpc) is 2.60. The average molecular weight is 383 g/mol. The van der Waals surface area contributed by atoms with Gasteiger partial charge in [0.15, 0.2) is 0 Å². The summed E-state index contributed by atoms with van der Waals surface area (Å²) in [5.74, 6) is 4.56. The van der Waals surface area contributed by atoms with Gasteiger partial charge >= 0.3 is 0 Å². The normalized spacial score (nSPS) is 34.4. The Hall–Kier alpha value is -0.0800. The summed E-state index contributed by atoms with van der Waals surface area (Å²) in [6.07, 6.45) is 13.3. The van der Waals surface area contributed by atoms with Gasteiger partial charge in [0.05, 0.1) is 12.2 Å². The van der Waals surface area contributed by atoms with Crippen molar-refractivity contribution in [3.63, 3.8) is 0 Å². The molecule has 2 nitrogen and oxygen atoms in total. The predicted molar refractivity (Wildman–Crippen MR) is 118 cm³/mol. The van der Waals surface area contributed by atoms with Crippen molar-refractivity contribution in [1.29, 1.82) is 0 Å². The zero-order valence-corrected chi connectivity index (χ0v) is 19.3. The molecule has 0 radical (unpaired) electrons. The van der Waals surface area contributed by atoms with Gasteiger partial charge in [0.1, 0.15) is 0 Å². The highest BCUT2D eigenvalue weighted by molar-refractivity contribution is 4.82. The lowest BCUT2D eigenvalue weighted by Gasteiger charge is -2.36. The fraction of sp³-hybridized carbons (Fsp3) is 1.00. The number of hydrogen-bond donors (Lipinski definition) is 2. The number of hydrogen-bond acceptors (Lipinski definition) is 2. The van der Waals surface area contributed by atoms with E-state index in [0.717, 1.165) is 48.9 Å². The van der Waals surface area contributed by atoms with Crippen molar-refractivity contribution in [3.8, 4) is 0 Å². The lowest BCUT2D eigenvalue weighted by Crippen LogP contribution is -2.33. The molecule has 0 bridgehead atoms. The fourth-order valence-corrected chi connectivity index (χ4v) is 5.78. The van der Waals surface area contributed by atoms with Crippen LogP contribution in [0.5, 0.6) is 0 Å². The molecule has 2 fully saturated rings. The van der Waals surface area contributed by atoms with Crippen LogP contribution < -0.4 is 0 Å². The third-order valence-corrected chi connectivity index (χ3v) is 7.11. The molecule has 0 aliphatic heterocycles. The topological polar surface area (TPSA) is 40.5 Å². The Morgan fingerprint density at radius 2 is 1.48 bits per heavy atom. The first-order valence-electron chi connectivity index (χ1n) is 12.2. The third-order valence-electron chi connectivity index (χ3n) is 7.11. The van der Waals surface area contributed by atoms with Crippen LogP contribution in [0.15, 0.2) is 0 Å². The molecule has 162 valence electrons. The molecule has 27 heavy (non-hydrogen) atoms. The molecule has 6 atom stereocenters. The van der Waals surface area contributed by atoms with Crippen LogP contribution >= 0.6 is 0 Å². The Morgan fingerprint density at radius 3 is 2.04 bits per heavy atom. The second kappa shape index (κ2) is 13.2. The van der Waals surface area contributed by atoms with Crippen molar-refractivity contribution in [3.05, 3.63) is 0 Å². The van der Waals surface area contributed by atoms with Crippen LogP contribution in [-0.2, 0) is 0 Å². The SMILES string of the molecule is CCCC1C(O)CCCC1CC(C)C.CCCC1CCC(O)CC1C(C)C. The molecule has 2 aliphatic rings. The third kappa shape index (κ3) is 8.86. The molecule has 2 saturated carbocycles. The highest BCUT2D eigenvalue weighted by Gasteiger charge is 2.32. The van der Waals surface area contributed by atoms with Crippen LogP contribution in [0.2, 0.25) is 0 Å². The van der Waals surface area contributed by atoms with Crippen molar-refractivity contribution in [1.82, 2.24) is 0 Å². The quantitative estimate of drug-likeness (QED) is 0.506. The van der Waals surface area contributed by atoms with E-state index in [2.05, 4.69) is 41.5 Å². The number of aliphatic hydroxyl groups is 2. The van der Waals surface area contributed by atoms with Crippen LogP contribution in [-0.4, -0.2) is 22.4 Å². The predicted octanol–water partition coefficient (Wildman–Crippen LogP) is 6.83. The Morgan fingerprint density at radius 1 is 0.815 bits per heavy atom. The minimum Gasteiger partial charge on any atom is -0.393 e. The first-order chi connectivity index (χ1) is 12.8. The molecule has 6 unspecified atom stereocenters. The van der Waals surface area contributed by atoms with Crippen molar-refractivity contribution >= 4 is 0 Å². The van der Waals surface area contributed by atoms with E-state index in [1.165, 1.54) is 51.4 Å². The molecule has 0 saturated heterocycles. The summed E-state index contributed by atoms with van der Waals surface area (Å²) < 4.78 is 0. The van der Waals surface area contributed by atoms with Crippen LogP contribution in [0.4, 0.5) is 0 Å². The maximum atomic E-state index is 9.98. The molecule has 0 aromatic heterocycles. The standard InChI is InChI=1S/C13H26O.C12H24O/c1-4-6-12-11(9-10(2)3)7-5-8-13(12)14;1-4-5-10-6-7-11(13)8-12(10)9(2)3/h10-14H,4-9H2,1-3H3;9-13H,4-8H2,1-3H3. The summed E-state index contributed by atoms with van der Waals surface area (Å²) in [5.41, 5.74) is 0. The zero-order chi connectivity index (χ0) is 20.4. The van der Waals surface area contributed by atoms with Crippen molar-refractivity contribution < 1.29 is 10.2 Å². The van der Waals surface area contributed by atoms with E-state index in [1.807, 2.05) is 0 Å². The van der Waals surface area contributed by atoms with E-state index in [-0.39, 0.29) is 12.2 Å². The summed E-state index contributed by atoms with van der Waals surface area (Å²) in [7, 11) is 0. The molecule has 2 N–H and O–H groups in total. The van der Waals surface area contributed by atoms with Crippen LogP contribution in [0.25, 0.3) is 0 Å². The summed E-state index contributed by atoms with van der Waals surface area (Å²) >= 11 is 0. The Kier molecular flexibility index (Phi) is 12.2. The largest absolute Gasteiger partial charge is 0.393 e. The van der Waals surface area contributed by atoms with Gasteiger partial charge in [-0.1, -0.05) is 67.2 Å². The van der Waals surface area contributed by atoms with Crippen molar-refractivity contribution in [2.75, 3.05) is 0 Å². The fourth-order valence-electron chi connectivity index (χ4n) is 5.78. The van der Waals surface area contributed by atoms with E-state index in [0.29, 0.717) is 5.92 Å². The molecule has 0 heterocycles. The van der Waals surface area contributed by atoms with Gasteiger partial charge in [0, 0.05) is 0 Å². The van der Waals surface area contributed by atoms with E-state index >= 15 is 0 Å². The zero-order valence-electron chi connectivity index (χ0n) is 19.3. The Balaban J connectivity index is 0.000000271. The molecular weight excluding hydrogens is 332 g/mol. The maximum absolute atomic E-state index is 9.98. The second-order valence-electron chi connectivity index (χ2n) is 10.3. The van der Waals surface area contributed by atoms with E-state index in [4.69, 9.17) is 0 Å². The Labute approximate surface area is 170 Å². The van der Waals surface area contributed by atoms with Gasteiger partial charge in [-0.3, -0.25) is 0 Å². The number of rotatable bonds is 7. The molecule has 2 rings (SSSR count). The highest BCUT2D eigenvalue weighted by atomic mass is 16.3. The summed E-state index contributed by atoms with van der Waals surface area (Å²) in [5, 5.41) is 19.6. The molecule has 2 aliphatic carbocycles. The van der Waals surface area contributed by atoms with Gasteiger partial charge in [-0.05, 0) is 80.5 Å². The van der Waals surface area contributed by atoms with Gasteiger partial charge in [-0.2, -0.15) is 0 Å². The molecule has 0 aromatic carbocycles. The summed E-state index contributed by atoms with van der Waals surface area (Å²) in [4.78, 5) is 0. The van der Waals surface area contributed by atoms with E-state index < -0.39 is 0 Å². The van der Waals surface area contributed by atoms with Gasteiger partial charge in [-0.25, -0.2) is 0 Å². The lowest BCUT2D eigenvalue weighted by molar-refractivity contribution is 0.0204. The second-order valence-corrected chi connectivity index (χ2v) is 10.3. The van der Waals surface area contributed by atoms with Crippen molar-refractivity contribution in [2.24, 2.45) is 35.5 Å². The minimum absolute atomic E-state index is 0.00699.